The van der Waals surface area contributed by atoms with Crippen molar-refractivity contribution in [2.45, 2.75) is 20.0 Å². The molecule has 1 aromatic rings. The van der Waals surface area contributed by atoms with Crippen molar-refractivity contribution in [2.24, 2.45) is 0 Å². The van der Waals surface area contributed by atoms with E-state index in [2.05, 4.69) is 0 Å². The van der Waals surface area contributed by atoms with E-state index in [-0.39, 0.29) is 17.1 Å². The van der Waals surface area contributed by atoms with Crippen molar-refractivity contribution in [1.82, 2.24) is 0 Å². The van der Waals surface area contributed by atoms with Crippen LogP contribution in [0.4, 0.5) is 0 Å². The Hall–Kier alpha value is -1.75. The van der Waals surface area contributed by atoms with E-state index in [0.717, 1.165) is 0 Å². The zero-order chi connectivity index (χ0) is 12.5. The first-order valence-electron chi connectivity index (χ1n) is 4.68. The van der Waals surface area contributed by atoms with E-state index in [0.29, 0.717) is 11.1 Å². The smallest absolute Gasteiger partial charge is 0.337 e. The molecule has 0 amide bonds. The lowest BCUT2D eigenvalue weighted by atomic mass is 9.98. The van der Waals surface area contributed by atoms with Crippen molar-refractivity contribution in [3.63, 3.8) is 0 Å². The second kappa shape index (κ2) is 4.40. The minimum atomic E-state index is -1.76. The van der Waals surface area contributed by atoms with Gasteiger partial charge in [-0.05, 0) is 25.0 Å². The molecule has 0 bridgehead atoms. The van der Waals surface area contributed by atoms with E-state index in [4.69, 9.17) is 9.84 Å². The first-order valence-corrected chi connectivity index (χ1v) is 4.68. The van der Waals surface area contributed by atoms with Gasteiger partial charge in [0.15, 0.2) is 17.6 Å². The van der Waals surface area contributed by atoms with Gasteiger partial charge in [0.05, 0.1) is 7.11 Å². The van der Waals surface area contributed by atoms with Gasteiger partial charge in [-0.25, -0.2) is 4.79 Å². The molecule has 0 aliphatic rings. The number of phenols is 1. The minimum Gasteiger partial charge on any atom is -0.504 e. The summed E-state index contributed by atoms with van der Waals surface area (Å²) in [5.41, 5.74) is 1.15. The number of carbonyl (C=O) groups is 1. The van der Waals surface area contributed by atoms with Gasteiger partial charge in [-0.2, -0.15) is 0 Å². The summed E-state index contributed by atoms with van der Waals surface area (Å²) in [4.78, 5) is 10.7. The van der Waals surface area contributed by atoms with E-state index >= 15 is 0 Å². The van der Waals surface area contributed by atoms with Crippen LogP contribution in [0.25, 0.3) is 0 Å². The average molecular weight is 226 g/mol. The Labute approximate surface area is 92.9 Å². The highest BCUT2D eigenvalue weighted by Crippen LogP contribution is 2.38. The topological polar surface area (TPSA) is 87.0 Å². The number of carboxylic acid groups (broad SMARTS) is 1. The van der Waals surface area contributed by atoms with Crippen molar-refractivity contribution in [3.8, 4) is 11.5 Å². The third-order valence-electron chi connectivity index (χ3n) is 2.40. The van der Waals surface area contributed by atoms with E-state index in [1.165, 1.54) is 7.11 Å². The Morgan fingerprint density at radius 2 is 1.94 bits per heavy atom. The van der Waals surface area contributed by atoms with E-state index in [1.54, 1.807) is 19.9 Å². The molecule has 1 unspecified atom stereocenters. The summed E-state index contributed by atoms with van der Waals surface area (Å²) in [7, 11) is 1.37. The minimum absolute atomic E-state index is 0.0325. The van der Waals surface area contributed by atoms with Crippen LogP contribution in [0.2, 0.25) is 0 Å². The van der Waals surface area contributed by atoms with Crippen LogP contribution < -0.4 is 4.74 Å². The van der Waals surface area contributed by atoms with Crippen LogP contribution in [-0.4, -0.2) is 28.4 Å². The van der Waals surface area contributed by atoms with Gasteiger partial charge in [-0.3, -0.25) is 0 Å². The van der Waals surface area contributed by atoms with Crippen LogP contribution in [0.3, 0.4) is 0 Å². The van der Waals surface area contributed by atoms with Crippen molar-refractivity contribution in [3.05, 3.63) is 22.8 Å². The average Bonchev–Trinajstić information content (AvgIpc) is 2.17. The number of aryl methyl sites for hydroxylation is 2. The third-order valence-corrected chi connectivity index (χ3v) is 2.40. The van der Waals surface area contributed by atoms with Gasteiger partial charge in [-0.15, -0.1) is 0 Å². The van der Waals surface area contributed by atoms with Crippen molar-refractivity contribution >= 4 is 5.97 Å². The number of phenolic OH excluding ortho intramolecular Hbond substituents is 1. The fourth-order valence-electron chi connectivity index (χ4n) is 1.69. The van der Waals surface area contributed by atoms with Gasteiger partial charge in [0, 0.05) is 5.56 Å². The Morgan fingerprint density at radius 1 is 1.38 bits per heavy atom. The molecule has 0 aliphatic carbocycles. The zero-order valence-electron chi connectivity index (χ0n) is 9.31. The molecule has 16 heavy (non-hydrogen) atoms. The van der Waals surface area contributed by atoms with Crippen LogP contribution in [0.1, 0.15) is 22.8 Å². The second-order valence-corrected chi connectivity index (χ2v) is 3.55. The highest BCUT2D eigenvalue weighted by Gasteiger charge is 2.25. The SMILES string of the molecule is COc1c(C)cc(C)c(C(O)C(=O)O)c1O. The molecule has 0 aliphatic heterocycles. The second-order valence-electron chi connectivity index (χ2n) is 3.55. The number of ether oxygens (including phenoxy) is 1. The first-order chi connectivity index (χ1) is 7.40. The van der Waals surface area contributed by atoms with Gasteiger partial charge in [0.2, 0.25) is 0 Å². The Kier molecular flexibility index (Phi) is 3.39. The van der Waals surface area contributed by atoms with Gasteiger partial charge in [0.25, 0.3) is 0 Å². The largest absolute Gasteiger partial charge is 0.504 e. The normalized spacial score (nSPS) is 12.2. The van der Waals surface area contributed by atoms with Crippen molar-refractivity contribution in [1.29, 1.82) is 0 Å². The van der Waals surface area contributed by atoms with Crippen LogP contribution in [0.15, 0.2) is 6.07 Å². The lowest BCUT2D eigenvalue weighted by Crippen LogP contribution is -2.12. The van der Waals surface area contributed by atoms with Crippen LogP contribution in [-0.2, 0) is 4.79 Å². The molecule has 88 valence electrons. The molecule has 1 atom stereocenters. The van der Waals surface area contributed by atoms with Gasteiger partial charge >= 0.3 is 5.97 Å². The van der Waals surface area contributed by atoms with E-state index < -0.39 is 12.1 Å². The zero-order valence-corrected chi connectivity index (χ0v) is 9.31. The lowest BCUT2D eigenvalue weighted by Gasteiger charge is -2.16. The Morgan fingerprint density at radius 3 is 2.38 bits per heavy atom. The van der Waals surface area contributed by atoms with Gasteiger partial charge < -0.3 is 20.1 Å². The maximum Gasteiger partial charge on any atom is 0.337 e. The quantitative estimate of drug-likeness (QED) is 0.719. The Bertz CT molecular complexity index is 425. The van der Waals surface area contributed by atoms with E-state index in [9.17, 15) is 15.0 Å². The number of hydrogen-bond donors (Lipinski definition) is 3. The number of benzene rings is 1. The maximum absolute atomic E-state index is 10.7. The van der Waals surface area contributed by atoms with Crippen LogP contribution >= 0.6 is 0 Å². The number of methoxy groups -OCH3 is 1. The summed E-state index contributed by atoms with van der Waals surface area (Å²) < 4.78 is 4.95. The van der Waals surface area contributed by atoms with Gasteiger partial charge in [-0.1, -0.05) is 6.07 Å². The predicted octanol–water partition coefficient (Wildman–Crippen LogP) is 1.14. The highest BCUT2D eigenvalue weighted by molar-refractivity contribution is 5.77. The summed E-state index contributed by atoms with van der Waals surface area (Å²) in [6.07, 6.45) is -1.76. The molecule has 3 N–H and O–H groups in total. The molecule has 1 rings (SSSR count). The maximum atomic E-state index is 10.7. The Balaban J connectivity index is 3.45. The number of aliphatic hydroxyl groups excluding tert-OH is 1. The summed E-state index contributed by atoms with van der Waals surface area (Å²) >= 11 is 0. The summed E-state index contributed by atoms with van der Waals surface area (Å²) in [6.45, 7) is 3.34. The number of hydrogen-bond acceptors (Lipinski definition) is 4. The van der Waals surface area contributed by atoms with Crippen LogP contribution in [0.5, 0.6) is 11.5 Å². The number of aliphatic hydroxyl groups is 1. The van der Waals surface area contributed by atoms with Crippen LogP contribution in [0, 0.1) is 13.8 Å². The summed E-state index contributed by atoms with van der Waals surface area (Å²) in [5.74, 6) is -1.56. The molecule has 0 radical (unpaired) electrons. The van der Waals surface area contributed by atoms with Crippen molar-refractivity contribution in [2.75, 3.05) is 7.11 Å². The number of carboxylic acids is 1. The molecular weight excluding hydrogens is 212 g/mol. The summed E-state index contributed by atoms with van der Waals surface area (Å²) in [5, 5.41) is 28.0. The first kappa shape index (κ1) is 12.3. The molecule has 0 saturated carbocycles. The molecule has 5 heteroatoms. The third kappa shape index (κ3) is 1.94. The number of rotatable bonds is 3. The monoisotopic (exact) mass is 226 g/mol. The highest BCUT2D eigenvalue weighted by atomic mass is 16.5. The standard InChI is InChI=1S/C11H14O5/c1-5-4-6(2)10(16-3)8(12)7(5)9(13)11(14)15/h4,9,12-13H,1-3H3,(H,14,15). The molecule has 1 aromatic carbocycles. The number of aromatic hydroxyl groups is 1. The molecule has 0 fully saturated rings. The molecule has 5 nitrogen and oxygen atoms in total. The molecule has 0 spiro atoms. The molecule has 0 aromatic heterocycles. The molecule has 0 saturated heterocycles. The fourth-order valence-corrected chi connectivity index (χ4v) is 1.69. The van der Waals surface area contributed by atoms with Crippen molar-refractivity contribution < 1.29 is 24.9 Å². The summed E-state index contributed by atoms with van der Waals surface area (Å²) in [6, 6.07) is 1.65. The van der Waals surface area contributed by atoms with Gasteiger partial charge in [0.1, 0.15) is 0 Å². The molecule has 0 heterocycles. The number of aliphatic carboxylic acids is 1. The lowest BCUT2D eigenvalue weighted by molar-refractivity contribution is -0.147. The van der Waals surface area contributed by atoms with E-state index in [1.807, 2.05) is 0 Å². The fraction of sp³-hybridized carbons (Fsp3) is 0.364. The molecular formula is C11H14O5. The predicted molar refractivity (Wildman–Crippen MR) is 56.7 cm³/mol.